The van der Waals surface area contributed by atoms with Gasteiger partial charge in [-0.2, -0.15) is 0 Å². The molecule has 0 aromatic carbocycles. The van der Waals surface area contributed by atoms with E-state index in [1.165, 1.54) is 0 Å². The molecule has 0 bridgehead atoms. The lowest BCUT2D eigenvalue weighted by molar-refractivity contribution is -0.126. The van der Waals surface area contributed by atoms with Crippen LogP contribution in [0, 0.1) is 5.41 Å². The Bertz CT molecular complexity index is 190. The molecule has 0 radical (unpaired) electrons. The van der Waals surface area contributed by atoms with Crippen LogP contribution in [-0.4, -0.2) is 43.4 Å². The van der Waals surface area contributed by atoms with Crippen molar-refractivity contribution in [1.29, 1.82) is 0 Å². The summed E-state index contributed by atoms with van der Waals surface area (Å²) in [5, 5.41) is 3.31. The number of piperazine rings is 1. The van der Waals surface area contributed by atoms with Crippen LogP contribution in [0.3, 0.4) is 0 Å². The maximum Gasteiger partial charge on any atom is 0.139 e. The van der Waals surface area contributed by atoms with Gasteiger partial charge in [0.1, 0.15) is 5.78 Å². The maximum absolute atomic E-state index is 11.7. The quantitative estimate of drug-likeness (QED) is 0.731. The standard InChI is InChI=1S/C11H22N2O/c1-11(2,3)10(14)4-7-13-8-5-12-6-9-13/h12H,4-9H2,1-3H3. The molecule has 3 heteroatoms. The first kappa shape index (κ1) is 11.7. The summed E-state index contributed by atoms with van der Waals surface area (Å²) in [6, 6.07) is 0. The average Bonchev–Trinajstić information content (AvgIpc) is 2.14. The molecule has 14 heavy (non-hydrogen) atoms. The van der Waals surface area contributed by atoms with Gasteiger partial charge in [-0.3, -0.25) is 4.79 Å². The van der Waals surface area contributed by atoms with Gasteiger partial charge in [-0.1, -0.05) is 20.8 Å². The molecule has 0 unspecified atom stereocenters. The molecule has 1 N–H and O–H groups in total. The van der Waals surface area contributed by atoms with Crippen molar-refractivity contribution in [1.82, 2.24) is 10.2 Å². The van der Waals surface area contributed by atoms with Gasteiger partial charge in [0.2, 0.25) is 0 Å². The molecular weight excluding hydrogens is 176 g/mol. The summed E-state index contributed by atoms with van der Waals surface area (Å²) in [4.78, 5) is 14.0. The summed E-state index contributed by atoms with van der Waals surface area (Å²) in [7, 11) is 0. The van der Waals surface area contributed by atoms with Gasteiger partial charge in [0.25, 0.3) is 0 Å². The van der Waals surface area contributed by atoms with Gasteiger partial charge in [-0.05, 0) is 0 Å². The molecule has 1 fully saturated rings. The summed E-state index contributed by atoms with van der Waals surface area (Å²) in [6.07, 6.45) is 0.698. The first-order chi connectivity index (χ1) is 6.50. The molecule has 1 rings (SSSR count). The number of rotatable bonds is 3. The van der Waals surface area contributed by atoms with Gasteiger partial charge in [0.15, 0.2) is 0 Å². The summed E-state index contributed by atoms with van der Waals surface area (Å²) in [6.45, 7) is 11.2. The summed E-state index contributed by atoms with van der Waals surface area (Å²) >= 11 is 0. The predicted octanol–water partition coefficient (Wildman–Crippen LogP) is 0.897. The first-order valence-electron chi connectivity index (χ1n) is 5.46. The number of hydrogen-bond donors (Lipinski definition) is 1. The van der Waals surface area contributed by atoms with Crippen LogP contribution < -0.4 is 5.32 Å². The highest BCUT2D eigenvalue weighted by atomic mass is 16.1. The van der Waals surface area contributed by atoms with Crippen molar-refractivity contribution in [2.24, 2.45) is 5.41 Å². The number of carbonyl (C=O) groups is 1. The molecule has 3 nitrogen and oxygen atoms in total. The number of ketones is 1. The van der Waals surface area contributed by atoms with Crippen LogP contribution in [-0.2, 0) is 4.79 Å². The van der Waals surface area contributed by atoms with Gasteiger partial charge >= 0.3 is 0 Å². The topological polar surface area (TPSA) is 32.3 Å². The Morgan fingerprint density at radius 2 is 1.86 bits per heavy atom. The molecule has 1 heterocycles. The third kappa shape index (κ3) is 3.76. The van der Waals surface area contributed by atoms with E-state index in [0.29, 0.717) is 12.2 Å². The van der Waals surface area contributed by atoms with Crippen molar-refractivity contribution in [3.63, 3.8) is 0 Å². The van der Waals surface area contributed by atoms with Gasteiger partial charge in [0, 0.05) is 44.6 Å². The zero-order valence-corrected chi connectivity index (χ0v) is 9.60. The van der Waals surface area contributed by atoms with Gasteiger partial charge < -0.3 is 10.2 Å². The minimum atomic E-state index is -0.173. The average molecular weight is 198 g/mol. The van der Waals surface area contributed by atoms with Crippen LogP contribution in [0.2, 0.25) is 0 Å². The minimum absolute atomic E-state index is 0.173. The Morgan fingerprint density at radius 1 is 1.29 bits per heavy atom. The van der Waals surface area contributed by atoms with Crippen molar-refractivity contribution in [2.45, 2.75) is 27.2 Å². The second kappa shape index (κ2) is 4.89. The molecule has 0 spiro atoms. The zero-order valence-electron chi connectivity index (χ0n) is 9.60. The number of nitrogens with one attached hydrogen (secondary N) is 1. The fourth-order valence-electron chi connectivity index (χ4n) is 1.57. The van der Waals surface area contributed by atoms with Gasteiger partial charge in [-0.25, -0.2) is 0 Å². The molecular formula is C11H22N2O. The Kier molecular flexibility index (Phi) is 4.08. The van der Waals surface area contributed by atoms with Crippen molar-refractivity contribution in [3.8, 4) is 0 Å². The normalized spacial score (nSPS) is 19.6. The van der Waals surface area contributed by atoms with E-state index in [9.17, 15) is 4.79 Å². The van der Waals surface area contributed by atoms with Gasteiger partial charge in [0.05, 0.1) is 0 Å². The third-order valence-electron chi connectivity index (χ3n) is 2.70. The van der Waals surface area contributed by atoms with Crippen LogP contribution in [0.4, 0.5) is 0 Å². The lowest BCUT2D eigenvalue weighted by Crippen LogP contribution is -2.44. The minimum Gasteiger partial charge on any atom is -0.314 e. The molecule has 0 saturated carbocycles. The van der Waals surface area contributed by atoms with Crippen LogP contribution in [0.1, 0.15) is 27.2 Å². The third-order valence-corrected chi connectivity index (χ3v) is 2.70. The predicted molar refractivity (Wildman–Crippen MR) is 58.4 cm³/mol. The van der Waals surface area contributed by atoms with Crippen molar-refractivity contribution in [2.75, 3.05) is 32.7 Å². The highest BCUT2D eigenvalue weighted by Gasteiger charge is 2.21. The molecule has 0 amide bonds. The highest BCUT2D eigenvalue weighted by molar-refractivity contribution is 5.83. The van der Waals surface area contributed by atoms with E-state index in [4.69, 9.17) is 0 Å². The van der Waals surface area contributed by atoms with Gasteiger partial charge in [-0.15, -0.1) is 0 Å². The molecule has 1 aliphatic rings. The summed E-state index contributed by atoms with van der Waals surface area (Å²) in [5.74, 6) is 0.371. The SMILES string of the molecule is CC(C)(C)C(=O)CCN1CCNCC1. The Morgan fingerprint density at radius 3 is 2.36 bits per heavy atom. The van der Waals surface area contributed by atoms with E-state index >= 15 is 0 Å². The number of nitrogens with zero attached hydrogens (tertiary/aromatic N) is 1. The van der Waals surface area contributed by atoms with Crippen LogP contribution in [0.5, 0.6) is 0 Å². The van der Waals surface area contributed by atoms with E-state index < -0.39 is 0 Å². The van der Waals surface area contributed by atoms with Crippen molar-refractivity contribution >= 4 is 5.78 Å². The molecule has 0 aromatic rings. The van der Waals surface area contributed by atoms with E-state index in [2.05, 4.69) is 10.2 Å². The Hall–Kier alpha value is -0.410. The molecule has 0 aliphatic carbocycles. The molecule has 82 valence electrons. The fourth-order valence-corrected chi connectivity index (χ4v) is 1.57. The Balaban J connectivity index is 2.22. The molecule has 0 aromatic heterocycles. The lowest BCUT2D eigenvalue weighted by atomic mass is 9.89. The first-order valence-corrected chi connectivity index (χ1v) is 5.46. The lowest BCUT2D eigenvalue weighted by Gasteiger charge is -2.28. The van der Waals surface area contributed by atoms with E-state index in [1.807, 2.05) is 20.8 Å². The second-order valence-electron chi connectivity index (χ2n) is 5.01. The number of Topliss-reactive ketones (excluding diaryl/α,β-unsaturated/α-hetero) is 1. The molecule has 0 atom stereocenters. The van der Waals surface area contributed by atoms with E-state index in [1.54, 1.807) is 0 Å². The van der Waals surface area contributed by atoms with Crippen LogP contribution in [0.25, 0.3) is 0 Å². The second-order valence-corrected chi connectivity index (χ2v) is 5.01. The van der Waals surface area contributed by atoms with Crippen LogP contribution in [0.15, 0.2) is 0 Å². The van der Waals surface area contributed by atoms with Crippen molar-refractivity contribution in [3.05, 3.63) is 0 Å². The van der Waals surface area contributed by atoms with E-state index in [-0.39, 0.29) is 5.41 Å². The van der Waals surface area contributed by atoms with E-state index in [0.717, 1.165) is 32.7 Å². The monoisotopic (exact) mass is 198 g/mol. The largest absolute Gasteiger partial charge is 0.314 e. The van der Waals surface area contributed by atoms with Crippen LogP contribution >= 0.6 is 0 Å². The maximum atomic E-state index is 11.7. The summed E-state index contributed by atoms with van der Waals surface area (Å²) < 4.78 is 0. The smallest absolute Gasteiger partial charge is 0.139 e. The fraction of sp³-hybridized carbons (Fsp3) is 0.909. The number of carbonyl (C=O) groups excluding carboxylic acids is 1. The highest BCUT2D eigenvalue weighted by Crippen LogP contribution is 2.16. The molecule has 1 aliphatic heterocycles. The zero-order chi connectivity index (χ0) is 10.6. The summed E-state index contributed by atoms with van der Waals surface area (Å²) in [5.41, 5.74) is -0.173. The molecule has 1 saturated heterocycles. The number of hydrogen-bond acceptors (Lipinski definition) is 3. The Labute approximate surface area is 86.9 Å². The van der Waals surface area contributed by atoms with Crippen molar-refractivity contribution < 1.29 is 4.79 Å².